The Labute approximate surface area is 127 Å². The molecule has 3 heteroatoms. The molecule has 0 saturated carbocycles. The Kier molecular flexibility index (Phi) is 4.67. The Morgan fingerprint density at radius 3 is 2.11 bits per heavy atom. The fourth-order valence-electron chi connectivity index (χ4n) is 1.97. The van der Waals surface area contributed by atoms with Gasteiger partial charge in [-0.2, -0.15) is 0 Å². The van der Waals surface area contributed by atoms with E-state index >= 15 is 0 Å². The van der Waals surface area contributed by atoms with Crippen molar-refractivity contribution in [1.29, 1.82) is 0 Å². The van der Waals surface area contributed by atoms with Gasteiger partial charge in [0.2, 0.25) is 0 Å². The zero-order chi connectivity index (χ0) is 14.0. The molecule has 0 aliphatic carbocycles. The minimum Gasteiger partial charge on any atom is -0.384 e. The summed E-state index contributed by atoms with van der Waals surface area (Å²) < 4.78 is 0.820. The van der Waals surface area contributed by atoms with Crippen LogP contribution >= 0.6 is 27.5 Å². The zero-order valence-corrected chi connectivity index (χ0v) is 13.2. The number of hydrogen-bond donors (Lipinski definition) is 1. The molecule has 0 fully saturated rings. The molecule has 0 aliphatic heterocycles. The van der Waals surface area contributed by atoms with Crippen LogP contribution in [0.1, 0.15) is 42.6 Å². The van der Waals surface area contributed by atoms with Crippen molar-refractivity contribution in [3.05, 3.63) is 68.7 Å². The van der Waals surface area contributed by atoms with Gasteiger partial charge in [0.25, 0.3) is 0 Å². The van der Waals surface area contributed by atoms with Gasteiger partial charge in [-0.3, -0.25) is 0 Å². The van der Waals surface area contributed by atoms with Crippen molar-refractivity contribution in [2.45, 2.75) is 25.9 Å². The first-order valence-corrected chi connectivity index (χ1v) is 7.39. The summed E-state index contributed by atoms with van der Waals surface area (Å²) in [6.07, 6.45) is -0.646. The average molecular weight is 340 g/mol. The summed E-state index contributed by atoms with van der Waals surface area (Å²) >= 11 is 9.35. The second kappa shape index (κ2) is 6.08. The summed E-state index contributed by atoms with van der Waals surface area (Å²) in [7, 11) is 0. The number of rotatable bonds is 3. The summed E-state index contributed by atoms with van der Waals surface area (Å²) in [5, 5.41) is 11.1. The first-order chi connectivity index (χ1) is 8.99. The largest absolute Gasteiger partial charge is 0.384 e. The average Bonchev–Trinajstić information content (AvgIpc) is 2.38. The highest BCUT2D eigenvalue weighted by molar-refractivity contribution is 9.10. The third kappa shape index (κ3) is 3.38. The summed E-state index contributed by atoms with van der Waals surface area (Å²) in [4.78, 5) is 0. The van der Waals surface area contributed by atoms with Crippen LogP contribution in [0.5, 0.6) is 0 Å². The van der Waals surface area contributed by atoms with Gasteiger partial charge >= 0.3 is 0 Å². The van der Waals surface area contributed by atoms with E-state index in [0.29, 0.717) is 10.9 Å². The van der Waals surface area contributed by atoms with Crippen LogP contribution in [0.25, 0.3) is 0 Å². The molecule has 1 nitrogen and oxygen atoms in total. The van der Waals surface area contributed by atoms with Crippen molar-refractivity contribution in [1.82, 2.24) is 0 Å². The molecule has 2 aromatic rings. The van der Waals surface area contributed by atoms with Crippen LogP contribution < -0.4 is 0 Å². The molecule has 0 radical (unpaired) electrons. The van der Waals surface area contributed by atoms with Crippen molar-refractivity contribution in [2.75, 3.05) is 0 Å². The summed E-state index contributed by atoms with van der Waals surface area (Å²) in [5.41, 5.74) is 2.97. The molecule has 1 atom stereocenters. The van der Waals surface area contributed by atoms with E-state index in [1.54, 1.807) is 12.1 Å². The minimum atomic E-state index is -0.646. The lowest BCUT2D eigenvalue weighted by molar-refractivity contribution is 0.219. The molecule has 0 aliphatic rings. The molecule has 2 aromatic carbocycles. The van der Waals surface area contributed by atoms with E-state index in [-0.39, 0.29) is 0 Å². The monoisotopic (exact) mass is 338 g/mol. The maximum atomic E-state index is 10.4. The summed E-state index contributed by atoms with van der Waals surface area (Å²) in [5.74, 6) is 0.494. The SMILES string of the molecule is CC(C)c1ccc(C(O)c2ccc(Cl)cc2Br)cc1. The molecule has 0 saturated heterocycles. The van der Waals surface area contributed by atoms with E-state index in [4.69, 9.17) is 11.6 Å². The predicted octanol–water partition coefficient (Wildman–Crippen LogP) is 5.31. The number of halogens is 2. The van der Waals surface area contributed by atoms with Gasteiger partial charge in [-0.25, -0.2) is 0 Å². The fraction of sp³-hybridized carbons (Fsp3) is 0.250. The zero-order valence-electron chi connectivity index (χ0n) is 10.9. The Hall–Kier alpha value is -0.830. The quantitative estimate of drug-likeness (QED) is 0.803. The maximum absolute atomic E-state index is 10.4. The van der Waals surface area contributed by atoms with Crippen LogP contribution in [-0.4, -0.2) is 5.11 Å². The fourth-order valence-corrected chi connectivity index (χ4v) is 2.87. The van der Waals surface area contributed by atoms with Crippen LogP contribution in [0.2, 0.25) is 5.02 Å². The first kappa shape index (κ1) is 14.6. The van der Waals surface area contributed by atoms with E-state index in [0.717, 1.165) is 15.6 Å². The molecule has 0 amide bonds. The van der Waals surface area contributed by atoms with E-state index in [9.17, 15) is 5.11 Å². The summed E-state index contributed by atoms with van der Waals surface area (Å²) in [6, 6.07) is 13.5. The molecule has 2 rings (SSSR count). The molecule has 0 heterocycles. The van der Waals surface area contributed by atoms with Gasteiger partial charge in [0.1, 0.15) is 6.10 Å². The van der Waals surface area contributed by atoms with Gasteiger partial charge in [-0.05, 0) is 34.7 Å². The molecule has 0 aromatic heterocycles. The Balaban J connectivity index is 2.30. The number of benzene rings is 2. The van der Waals surface area contributed by atoms with Crippen LogP contribution in [-0.2, 0) is 0 Å². The minimum absolute atomic E-state index is 0.494. The highest BCUT2D eigenvalue weighted by atomic mass is 79.9. The third-order valence-electron chi connectivity index (χ3n) is 3.18. The third-order valence-corrected chi connectivity index (χ3v) is 4.10. The van der Waals surface area contributed by atoms with Crippen LogP contribution in [0.15, 0.2) is 46.9 Å². The predicted molar refractivity (Wildman–Crippen MR) is 83.7 cm³/mol. The van der Waals surface area contributed by atoms with Crippen molar-refractivity contribution in [2.24, 2.45) is 0 Å². The Morgan fingerprint density at radius 1 is 1.00 bits per heavy atom. The molecule has 100 valence electrons. The standard InChI is InChI=1S/C16H16BrClO/c1-10(2)11-3-5-12(6-4-11)16(19)14-8-7-13(18)9-15(14)17/h3-10,16,19H,1-2H3. The number of hydrogen-bond acceptors (Lipinski definition) is 1. The normalized spacial score (nSPS) is 12.7. The van der Waals surface area contributed by atoms with Crippen molar-refractivity contribution >= 4 is 27.5 Å². The second-order valence-corrected chi connectivity index (χ2v) is 6.18. The smallest absolute Gasteiger partial charge is 0.105 e. The van der Waals surface area contributed by atoms with E-state index < -0.39 is 6.10 Å². The second-order valence-electron chi connectivity index (χ2n) is 4.89. The Morgan fingerprint density at radius 2 is 1.58 bits per heavy atom. The van der Waals surface area contributed by atoms with Crippen LogP contribution in [0, 0.1) is 0 Å². The molecule has 1 N–H and O–H groups in total. The van der Waals surface area contributed by atoms with E-state index in [2.05, 4.69) is 41.9 Å². The summed E-state index contributed by atoms with van der Waals surface area (Å²) in [6.45, 7) is 4.31. The van der Waals surface area contributed by atoms with Gasteiger partial charge in [-0.15, -0.1) is 0 Å². The van der Waals surface area contributed by atoms with Gasteiger partial charge in [0, 0.05) is 9.50 Å². The highest BCUT2D eigenvalue weighted by Crippen LogP contribution is 2.31. The highest BCUT2D eigenvalue weighted by Gasteiger charge is 2.14. The van der Waals surface area contributed by atoms with Crippen molar-refractivity contribution in [3.8, 4) is 0 Å². The molecular weight excluding hydrogens is 324 g/mol. The van der Waals surface area contributed by atoms with Gasteiger partial charge in [0.15, 0.2) is 0 Å². The molecule has 19 heavy (non-hydrogen) atoms. The lowest BCUT2D eigenvalue weighted by Gasteiger charge is -2.15. The molecular formula is C16H16BrClO. The Bertz CT molecular complexity index is 563. The maximum Gasteiger partial charge on any atom is 0.105 e. The molecule has 0 spiro atoms. The topological polar surface area (TPSA) is 20.2 Å². The lowest BCUT2D eigenvalue weighted by Crippen LogP contribution is -2.01. The first-order valence-electron chi connectivity index (χ1n) is 6.22. The van der Waals surface area contributed by atoms with Crippen molar-refractivity contribution in [3.63, 3.8) is 0 Å². The number of aliphatic hydroxyl groups excluding tert-OH is 1. The van der Waals surface area contributed by atoms with Crippen LogP contribution in [0.3, 0.4) is 0 Å². The van der Waals surface area contributed by atoms with Crippen LogP contribution in [0.4, 0.5) is 0 Å². The van der Waals surface area contributed by atoms with Gasteiger partial charge in [-0.1, -0.05) is 71.7 Å². The lowest BCUT2D eigenvalue weighted by atomic mass is 9.97. The molecule has 0 bridgehead atoms. The van der Waals surface area contributed by atoms with Gasteiger partial charge < -0.3 is 5.11 Å². The molecule has 1 unspecified atom stereocenters. The van der Waals surface area contributed by atoms with Crippen molar-refractivity contribution < 1.29 is 5.11 Å². The van der Waals surface area contributed by atoms with E-state index in [1.165, 1.54) is 5.56 Å². The van der Waals surface area contributed by atoms with Gasteiger partial charge in [0.05, 0.1) is 0 Å². The number of aliphatic hydroxyl groups is 1. The van der Waals surface area contributed by atoms with E-state index in [1.807, 2.05) is 18.2 Å².